The fraction of sp³-hybridized carbons (Fsp3) is 0.242. The first-order valence-corrected chi connectivity index (χ1v) is 16.8. The third-order valence-corrected chi connectivity index (χ3v) is 9.48. The predicted molar refractivity (Wildman–Crippen MR) is 182 cm³/mol. The van der Waals surface area contributed by atoms with Crippen LogP contribution in [-0.4, -0.2) is 84.1 Å². The number of aryl methyl sites for hydroxylation is 1. The second-order valence-corrected chi connectivity index (χ2v) is 13.1. The van der Waals surface area contributed by atoms with E-state index in [1.54, 1.807) is 24.3 Å². The molecule has 6 rings (SSSR count). The molecule has 1 saturated heterocycles. The van der Waals surface area contributed by atoms with E-state index >= 15 is 0 Å². The van der Waals surface area contributed by atoms with E-state index in [9.17, 15) is 12.8 Å². The Morgan fingerprint density at radius 1 is 0.936 bits per heavy atom. The van der Waals surface area contributed by atoms with Crippen LogP contribution in [-0.2, 0) is 21.4 Å². The number of carboxylic acid groups (broad SMARTS) is 1. The van der Waals surface area contributed by atoms with Crippen LogP contribution in [0.25, 0.3) is 22.2 Å². The van der Waals surface area contributed by atoms with E-state index in [0.29, 0.717) is 17.2 Å². The third-order valence-electron chi connectivity index (χ3n) is 7.81. The SMILES string of the molecule is CN1CCN(CCCn2ccc3cc(-c4cc(Nc5ccc(NS(=O)(=O)c6ccc(F)c(Cl)c6)cc5)ncn4)ccc32)CC1.O=CO. The summed E-state index contributed by atoms with van der Waals surface area (Å²) in [5.41, 5.74) is 4.04. The number of anilines is 3. The number of piperazine rings is 1. The maximum atomic E-state index is 13.5. The largest absolute Gasteiger partial charge is 0.483 e. The number of likely N-dealkylation sites (N-methyl/N-ethyl adjacent to an activating group) is 1. The van der Waals surface area contributed by atoms with Crippen LogP contribution in [0.5, 0.6) is 0 Å². The van der Waals surface area contributed by atoms with E-state index in [-0.39, 0.29) is 16.4 Å². The minimum atomic E-state index is -3.93. The molecule has 11 nitrogen and oxygen atoms in total. The summed E-state index contributed by atoms with van der Waals surface area (Å²) in [6.45, 7) is 6.42. The van der Waals surface area contributed by atoms with Gasteiger partial charge in [0.05, 0.1) is 15.6 Å². The Labute approximate surface area is 277 Å². The topological polar surface area (TPSA) is 133 Å². The molecule has 0 unspecified atom stereocenters. The highest BCUT2D eigenvalue weighted by atomic mass is 35.5. The Kier molecular flexibility index (Phi) is 11.0. The van der Waals surface area contributed by atoms with Gasteiger partial charge in [-0.3, -0.25) is 9.52 Å². The van der Waals surface area contributed by atoms with Crippen molar-refractivity contribution in [3.05, 3.63) is 96.2 Å². The van der Waals surface area contributed by atoms with Crippen LogP contribution in [0.4, 0.5) is 21.6 Å². The molecule has 0 aliphatic carbocycles. The van der Waals surface area contributed by atoms with Gasteiger partial charge in [0.25, 0.3) is 16.5 Å². The molecule has 2 aromatic heterocycles. The molecule has 1 aliphatic heterocycles. The molecule has 0 bridgehead atoms. The maximum absolute atomic E-state index is 13.5. The van der Waals surface area contributed by atoms with E-state index in [1.165, 1.54) is 11.8 Å². The van der Waals surface area contributed by atoms with Crippen LogP contribution in [0.15, 0.2) is 90.2 Å². The molecular weight excluding hydrogens is 645 g/mol. The van der Waals surface area contributed by atoms with Crippen molar-refractivity contribution in [2.75, 3.05) is 49.8 Å². The summed E-state index contributed by atoms with van der Waals surface area (Å²) < 4.78 is 43.6. The number of rotatable bonds is 10. The molecule has 1 fully saturated rings. The Balaban J connectivity index is 0.00000139. The van der Waals surface area contributed by atoms with Gasteiger partial charge in [-0.15, -0.1) is 0 Å². The summed E-state index contributed by atoms with van der Waals surface area (Å²) in [7, 11) is -1.75. The van der Waals surface area contributed by atoms with E-state index in [4.69, 9.17) is 21.5 Å². The zero-order valence-electron chi connectivity index (χ0n) is 25.7. The quantitative estimate of drug-likeness (QED) is 0.157. The Bertz CT molecular complexity index is 1930. The van der Waals surface area contributed by atoms with E-state index in [2.05, 4.69) is 71.9 Å². The summed E-state index contributed by atoms with van der Waals surface area (Å²) in [6, 6.07) is 20.4. The van der Waals surface area contributed by atoms with Gasteiger partial charge < -0.3 is 24.8 Å². The lowest BCUT2D eigenvalue weighted by atomic mass is 10.1. The van der Waals surface area contributed by atoms with Gasteiger partial charge in [0.2, 0.25) is 0 Å². The highest BCUT2D eigenvalue weighted by molar-refractivity contribution is 7.92. The van der Waals surface area contributed by atoms with Gasteiger partial charge in [-0.1, -0.05) is 17.7 Å². The summed E-state index contributed by atoms with van der Waals surface area (Å²) in [5.74, 6) is -0.0815. The van der Waals surface area contributed by atoms with Crippen molar-refractivity contribution in [1.82, 2.24) is 24.3 Å². The summed E-state index contributed by atoms with van der Waals surface area (Å²) in [6.07, 6.45) is 4.79. The number of halogens is 2. The van der Waals surface area contributed by atoms with Crippen LogP contribution < -0.4 is 10.0 Å². The van der Waals surface area contributed by atoms with Gasteiger partial charge in [-0.25, -0.2) is 22.8 Å². The van der Waals surface area contributed by atoms with Gasteiger partial charge in [-0.05, 0) is 80.7 Å². The average Bonchev–Trinajstić information content (AvgIpc) is 3.47. The number of fused-ring (bicyclic) bond motifs is 1. The zero-order valence-corrected chi connectivity index (χ0v) is 27.3. The standard InChI is InChI=1S/C32H33ClFN7O2S.CH2O2/c1-39-15-17-40(18-16-39)12-2-13-41-14-11-24-19-23(3-10-31(24)41)30-21-32(36-22-35-30)37-25-4-6-26(7-5-25)38-44(42,43)27-8-9-29(34)28(33)20-27;2-1-3/h3-11,14,19-22,38H,2,12-13,15-18H2,1H3,(H,35,36,37);1H,(H,2,3). The lowest BCUT2D eigenvalue weighted by molar-refractivity contribution is -0.122. The smallest absolute Gasteiger partial charge is 0.290 e. The van der Waals surface area contributed by atoms with Gasteiger partial charge in [0, 0.05) is 72.8 Å². The molecule has 3 N–H and O–H groups in total. The normalized spacial score (nSPS) is 13.9. The molecule has 0 radical (unpaired) electrons. The van der Waals surface area contributed by atoms with Gasteiger partial charge in [0.1, 0.15) is 18.0 Å². The summed E-state index contributed by atoms with van der Waals surface area (Å²) in [4.78, 5) is 22.0. The fourth-order valence-electron chi connectivity index (χ4n) is 5.30. The Hall–Kier alpha value is -4.56. The molecule has 5 aromatic rings. The maximum Gasteiger partial charge on any atom is 0.290 e. The van der Waals surface area contributed by atoms with Crippen molar-refractivity contribution in [2.45, 2.75) is 17.9 Å². The lowest BCUT2D eigenvalue weighted by Gasteiger charge is -2.32. The monoisotopic (exact) mass is 679 g/mol. The first kappa shape index (κ1) is 33.8. The highest BCUT2D eigenvalue weighted by Gasteiger charge is 2.17. The number of nitrogens with one attached hydrogen (secondary N) is 2. The zero-order chi connectivity index (χ0) is 33.4. The first-order valence-electron chi connectivity index (χ1n) is 14.9. The van der Waals surface area contributed by atoms with Gasteiger partial charge in [-0.2, -0.15) is 0 Å². The van der Waals surface area contributed by atoms with E-state index in [0.717, 1.165) is 80.5 Å². The lowest BCUT2D eigenvalue weighted by Crippen LogP contribution is -2.44. The summed E-state index contributed by atoms with van der Waals surface area (Å²) in [5, 5.41) is 11.0. The highest BCUT2D eigenvalue weighted by Crippen LogP contribution is 2.27. The number of nitrogens with zero attached hydrogens (tertiary/aromatic N) is 5. The molecule has 3 heterocycles. The van der Waals surface area contributed by atoms with E-state index in [1.807, 2.05) is 6.07 Å². The predicted octanol–water partition coefficient (Wildman–Crippen LogP) is 5.77. The van der Waals surface area contributed by atoms with Gasteiger partial charge in [0.15, 0.2) is 0 Å². The van der Waals surface area contributed by atoms with Crippen molar-refractivity contribution in [3.63, 3.8) is 0 Å². The molecule has 47 heavy (non-hydrogen) atoms. The van der Waals surface area contributed by atoms with Crippen LogP contribution in [0, 0.1) is 5.82 Å². The van der Waals surface area contributed by atoms with Crippen molar-refractivity contribution in [2.24, 2.45) is 0 Å². The molecule has 0 saturated carbocycles. The molecule has 1 aliphatic rings. The average molecular weight is 680 g/mol. The Morgan fingerprint density at radius 3 is 2.38 bits per heavy atom. The molecule has 0 atom stereocenters. The molecule has 14 heteroatoms. The van der Waals surface area contributed by atoms with Crippen molar-refractivity contribution >= 4 is 56.2 Å². The number of hydrogen-bond acceptors (Lipinski definition) is 8. The van der Waals surface area contributed by atoms with E-state index < -0.39 is 15.8 Å². The van der Waals surface area contributed by atoms with Crippen molar-refractivity contribution < 1.29 is 22.7 Å². The number of sulfonamides is 1. The number of hydrogen-bond donors (Lipinski definition) is 3. The number of benzene rings is 3. The van der Waals surface area contributed by atoms with Crippen LogP contribution in [0.2, 0.25) is 5.02 Å². The third kappa shape index (κ3) is 8.83. The minimum absolute atomic E-state index is 0.129. The molecule has 3 aromatic carbocycles. The molecule has 246 valence electrons. The molecule has 0 amide bonds. The van der Waals surface area contributed by atoms with Crippen molar-refractivity contribution in [1.29, 1.82) is 0 Å². The van der Waals surface area contributed by atoms with Crippen molar-refractivity contribution in [3.8, 4) is 11.3 Å². The number of aromatic nitrogens is 3. The first-order chi connectivity index (χ1) is 22.6. The second kappa shape index (κ2) is 15.4. The molecule has 0 spiro atoms. The van der Waals surface area contributed by atoms with Crippen LogP contribution >= 0.6 is 11.6 Å². The molecular formula is C33H35ClFN7O4S. The van der Waals surface area contributed by atoms with Crippen LogP contribution in [0.3, 0.4) is 0 Å². The minimum Gasteiger partial charge on any atom is -0.483 e. The van der Waals surface area contributed by atoms with Gasteiger partial charge >= 0.3 is 0 Å². The summed E-state index contributed by atoms with van der Waals surface area (Å²) >= 11 is 5.75. The van der Waals surface area contributed by atoms with Crippen LogP contribution in [0.1, 0.15) is 6.42 Å². The second-order valence-electron chi connectivity index (χ2n) is 11.1. The Morgan fingerprint density at radius 2 is 1.66 bits per heavy atom. The number of carbonyl (C=O) groups is 1. The fourth-order valence-corrected chi connectivity index (χ4v) is 6.63.